The van der Waals surface area contributed by atoms with Crippen molar-refractivity contribution in [3.63, 3.8) is 0 Å². The van der Waals surface area contributed by atoms with Crippen molar-refractivity contribution in [3.8, 4) is 0 Å². The number of hydrogen-bond donors (Lipinski definition) is 1. The Morgan fingerprint density at radius 3 is 3.06 bits per heavy atom. The average Bonchev–Trinajstić information content (AvgIpc) is 2.35. The van der Waals surface area contributed by atoms with E-state index in [1.54, 1.807) is 0 Å². The quantitative estimate of drug-likeness (QED) is 0.679. The summed E-state index contributed by atoms with van der Waals surface area (Å²) in [5, 5.41) is 3.58. The van der Waals surface area contributed by atoms with Gasteiger partial charge in [-0.1, -0.05) is 19.1 Å². The van der Waals surface area contributed by atoms with Crippen LogP contribution in [0.3, 0.4) is 0 Å². The Balaban J connectivity index is 2.20. The van der Waals surface area contributed by atoms with E-state index in [1.807, 2.05) is 24.5 Å². The van der Waals surface area contributed by atoms with Crippen molar-refractivity contribution in [3.05, 3.63) is 42.7 Å². The van der Waals surface area contributed by atoms with Gasteiger partial charge in [0.15, 0.2) is 0 Å². The molecule has 1 heterocycles. The summed E-state index contributed by atoms with van der Waals surface area (Å²) in [4.78, 5) is 4.11. The molecule has 1 unspecified atom stereocenters. The first kappa shape index (κ1) is 12.9. The first-order valence-corrected chi connectivity index (χ1v) is 6.10. The van der Waals surface area contributed by atoms with Crippen molar-refractivity contribution in [1.82, 2.24) is 10.3 Å². The summed E-state index contributed by atoms with van der Waals surface area (Å²) >= 11 is 0. The fourth-order valence-electron chi connectivity index (χ4n) is 1.74. The Morgan fingerprint density at radius 1 is 1.56 bits per heavy atom. The van der Waals surface area contributed by atoms with Crippen molar-refractivity contribution in [2.45, 2.75) is 38.6 Å². The third-order valence-corrected chi connectivity index (χ3v) is 2.78. The minimum Gasteiger partial charge on any atom is -0.314 e. The zero-order chi connectivity index (χ0) is 11.6. The second-order valence-corrected chi connectivity index (χ2v) is 4.04. The minimum absolute atomic E-state index is 0.620. The lowest BCUT2D eigenvalue weighted by molar-refractivity contribution is 0.474. The number of allylic oxidation sites excluding steroid dienone is 1. The van der Waals surface area contributed by atoms with Crippen LogP contribution in [0.5, 0.6) is 0 Å². The smallest absolute Gasteiger partial charge is 0.0300 e. The number of nitrogens with zero attached hydrogens (tertiary/aromatic N) is 1. The molecule has 16 heavy (non-hydrogen) atoms. The lowest BCUT2D eigenvalue weighted by atomic mass is 10.1. The van der Waals surface area contributed by atoms with Crippen LogP contribution in [0.15, 0.2) is 37.2 Å². The number of nitrogens with one attached hydrogen (secondary N) is 1. The monoisotopic (exact) mass is 218 g/mol. The molecule has 1 aromatic heterocycles. The molecule has 0 aliphatic rings. The van der Waals surface area contributed by atoms with Gasteiger partial charge in [0.2, 0.25) is 0 Å². The molecule has 0 aliphatic heterocycles. The lowest BCUT2D eigenvalue weighted by Gasteiger charge is -2.15. The van der Waals surface area contributed by atoms with Crippen LogP contribution in [0.1, 0.15) is 31.7 Å². The highest BCUT2D eigenvalue weighted by molar-refractivity contribution is 5.08. The zero-order valence-corrected chi connectivity index (χ0v) is 10.2. The zero-order valence-electron chi connectivity index (χ0n) is 10.2. The van der Waals surface area contributed by atoms with Gasteiger partial charge in [-0.15, -0.1) is 6.58 Å². The first-order valence-electron chi connectivity index (χ1n) is 6.10. The molecule has 0 radical (unpaired) electrons. The van der Waals surface area contributed by atoms with Crippen LogP contribution in [0.4, 0.5) is 0 Å². The SMILES string of the molecule is C=CCCC(CC)NCCc1cccnc1. The van der Waals surface area contributed by atoms with E-state index in [0.29, 0.717) is 6.04 Å². The molecule has 1 rings (SSSR count). The Labute approximate surface area is 98.8 Å². The van der Waals surface area contributed by atoms with Gasteiger partial charge >= 0.3 is 0 Å². The second-order valence-electron chi connectivity index (χ2n) is 4.04. The highest BCUT2D eigenvalue weighted by atomic mass is 14.9. The largest absolute Gasteiger partial charge is 0.314 e. The molecule has 1 aromatic rings. The molecule has 88 valence electrons. The summed E-state index contributed by atoms with van der Waals surface area (Å²) in [7, 11) is 0. The van der Waals surface area contributed by atoms with E-state index in [0.717, 1.165) is 19.4 Å². The van der Waals surface area contributed by atoms with Gasteiger partial charge < -0.3 is 5.32 Å². The summed E-state index contributed by atoms with van der Waals surface area (Å²) in [5.41, 5.74) is 1.30. The summed E-state index contributed by atoms with van der Waals surface area (Å²) in [6.45, 7) is 7.01. The molecule has 0 aliphatic carbocycles. The molecular weight excluding hydrogens is 196 g/mol. The van der Waals surface area contributed by atoms with Crippen LogP contribution in [0.25, 0.3) is 0 Å². The molecule has 0 saturated carbocycles. The molecule has 0 amide bonds. The van der Waals surface area contributed by atoms with E-state index < -0.39 is 0 Å². The molecule has 0 saturated heterocycles. The predicted octanol–water partition coefficient (Wildman–Crippen LogP) is 2.96. The van der Waals surface area contributed by atoms with Crippen LogP contribution in [-0.4, -0.2) is 17.6 Å². The van der Waals surface area contributed by atoms with Crippen molar-refractivity contribution >= 4 is 0 Å². The van der Waals surface area contributed by atoms with E-state index in [9.17, 15) is 0 Å². The third kappa shape index (κ3) is 5.08. The van der Waals surface area contributed by atoms with Crippen LogP contribution in [-0.2, 0) is 6.42 Å². The standard InChI is InChI=1S/C14H22N2/c1-3-5-8-14(4-2)16-11-9-13-7-6-10-15-12-13/h3,6-7,10,12,14,16H,1,4-5,8-9,11H2,2H3. The summed E-state index contributed by atoms with van der Waals surface area (Å²) < 4.78 is 0. The normalized spacial score (nSPS) is 12.3. The van der Waals surface area contributed by atoms with Crippen LogP contribution in [0.2, 0.25) is 0 Å². The Hall–Kier alpha value is -1.15. The maximum Gasteiger partial charge on any atom is 0.0300 e. The molecule has 1 N–H and O–H groups in total. The van der Waals surface area contributed by atoms with Crippen LogP contribution < -0.4 is 5.32 Å². The second kappa shape index (κ2) is 8.05. The molecule has 2 nitrogen and oxygen atoms in total. The Bertz CT molecular complexity index is 282. The van der Waals surface area contributed by atoms with Gasteiger partial charge in [0.05, 0.1) is 0 Å². The van der Waals surface area contributed by atoms with Crippen molar-refractivity contribution in [2.75, 3.05) is 6.54 Å². The van der Waals surface area contributed by atoms with E-state index in [2.05, 4.69) is 29.9 Å². The third-order valence-electron chi connectivity index (χ3n) is 2.78. The fourth-order valence-corrected chi connectivity index (χ4v) is 1.74. The topological polar surface area (TPSA) is 24.9 Å². The molecule has 1 atom stereocenters. The van der Waals surface area contributed by atoms with Gasteiger partial charge in [0, 0.05) is 18.4 Å². The maximum atomic E-state index is 4.11. The Kier molecular flexibility index (Phi) is 6.50. The maximum absolute atomic E-state index is 4.11. The molecule has 0 bridgehead atoms. The number of pyridine rings is 1. The minimum atomic E-state index is 0.620. The molecule has 0 fully saturated rings. The van der Waals surface area contributed by atoms with E-state index >= 15 is 0 Å². The van der Waals surface area contributed by atoms with Gasteiger partial charge in [0.25, 0.3) is 0 Å². The van der Waals surface area contributed by atoms with Gasteiger partial charge in [-0.05, 0) is 43.9 Å². The fraction of sp³-hybridized carbons (Fsp3) is 0.500. The Morgan fingerprint density at radius 2 is 2.44 bits per heavy atom. The summed E-state index contributed by atoms with van der Waals surface area (Å²) in [6.07, 6.45) is 10.3. The number of rotatable bonds is 8. The van der Waals surface area contributed by atoms with E-state index in [1.165, 1.54) is 18.4 Å². The highest BCUT2D eigenvalue weighted by Crippen LogP contribution is 2.02. The van der Waals surface area contributed by atoms with Crippen LogP contribution in [0, 0.1) is 0 Å². The molecule has 2 heteroatoms. The van der Waals surface area contributed by atoms with Crippen LogP contribution >= 0.6 is 0 Å². The number of hydrogen-bond acceptors (Lipinski definition) is 2. The lowest BCUT2D eigenvalue weighted by Crippen LogP contribution is -2.30. The predicted molar refractivity (Wildman–Crippen MR) is 69.5 cm³/mol. The summed E-state index contributed by atoms with van der Waals surface area (Å²) in [5.74, 6) is 0. The molecule has 0 spiro atoms. The first-order chi connectivity index (χ1) is 7.86. The van der Waals surface area contributed by atoms with E-state index in [-0.39, 0.29) is 0 Å². The van der Waals surface area contributed by atoms with Gasteiger partial charge in [-0.3, -0.25) is 4.98 Å². The number of aromatic nitrogens is 1. The molecular formula is C14H22N2. The highest BCUT2D eigenvalue weighted by Gasteiger charge is 2.03. The van der Waals surface area contributed by atoms with Gasteiger partial charge in [-0.25, -0.2) is 0 Å². The van der Waals surface area contributed by atoms with E-state index in [4.69, 9.17) is 0 Å². The average molecular weight is 218 g/mol. The van der Waals surface area contributed by atoms with Crippen molar-refractivity contribution < 1.29 is 0 Å². The molecule has 0 aromatic carbocycles. The van der Waals surface area contributed by atoms with Gasteiger partial charge in [-0.2, -0.15) is 0 Å². The van der Waals surface area contributed by atoms with Crippen molar-refractivity contribution in [2.24, 2.45) is 0 Å². The summed E-state index contributed by atoms with van der Waals surface area (Å²) in [6, 6.07) is 4.73. The van der Waals surface area contributed by atoms with Crippen molar-refractivity contribution in [1.29, 1.82) is 0 Å². The van der Waals surface area contributed by atoms with Gasteiger partial charge in [0.1, 0.15) is 0 Å².